The number of sulfonamides is 1. The van der Waals surface area contributed by atoms with Gasteiger partial charge in [-0.2, -0.15) is 4.31 Å². The summed E-state index contributed by atoms with van der Waals surface area (Å²) < 4.78 is 55.9. The van der Waals surface area contributed by atoms with Crippen molar-refractivity contribution < 1.29 is 26.9 Å². The predicted molar refractivity (Wildman–Crippen MR) is 157 cm³/mol. The van der Waals surface area contributed by atoms with Gasteiger partial charge in [-0.3, -0.25) is 4.79 Å². The second-order valence-corrected chi connectivity index (χ2v) is 15.8. The lowest BCUT2D eigenvalue weighted by molar-refractivity contribution is -0.936. The molecule has 3 aliphatic rings. The largest absolute Gasteiger partial charge is 0.342 e. The first-order valence-electron chi connectivity index (χ1n) is 14.4. The summed E-state index contributed by atoms with van der Waals surface area (Å²) in [4.78, 5) is 17.2. The zero-order valence-electron chi connectivity index (χ0n) is 24.7. The number of hydrogen-bond donors (Lipinski definition) is 1. The number of fused-ring (bicyclic) bond motifs is 2. The van der Waals surface area contributed by atoms with Crippen molar-refractivity contribution in [1.82, 2.24) is 9.21 Å². The Morgan fingerprint density at radius 1 is 1.07 bits per heavy atom. The van der Waals surface area contributed by atoms with Crippen LogP contribution in [0.5, 0.6) is 0 Å². The first-order valence-corrected chi connectivity index (χ1v) is 16.6. The number of hydrogen-bond acceptors (Lipinski definition) is 3. The van der Waals surface area contributed by atoms with E-state index in [1.54, 1.807) is 4.31 Å². The molecular formula is C31H41ClF2N3O3S+. The van der Waals surface area contributed by atoms with E-state index < -0.39 is 33.0 Å². The summed E-state index contributed by atoms with van der Waals surface area (Å²) in [5.74, 6) is -2.02. The van der Waals surface area contributed by atoms with E-state index in [0.717, 1.165) is 22.8 Å². The van der Waals surface area contributed by atoms with Crippen LogP contribution in [0.1, 0.15) is 74.8 Å². The molecule has 1 amide bonds. The Bertz CT molecular complexity index is 1470. The van der Waals surface area contributed by atoms with Gasteiger partial charge in [0.1, 0.15) is 11.6 Å². The van der Waals surface area contributed by atoms with Crippen LogP contribution < -0.4 is 4.90 Å². The number of rotatable bonds is 3. The Kier molecular flexibility index (Phi) is 7.84. The number of benzene rings is 2. The van der Waals surface area contributed by atoms with Crippen LogP contribution in [0.4, 0.5) is 8.78 Å². The molecule has 10 heteroatoms. The minimum absolute atomic E-state index is 0.00974. The van der Waals surface area contributed by atoms with Gasteiger partial charge in [0.15, 0.2) is 0 Å². The SMILES string of the molecule is Cc1cc2c(cc1Cl)[C@@H](C)N(S(C)(=O)=O)CC21CCN(C(=O)C2C[NH+](C(C)(C)C)C[C@H]2c2ccc(F)cc2F)CC1. The van der Waals surface area contributed by atoms with Gasteiger partial charge in [-0.05, 0) is 81.8 Å². The van der Waals surface area contributed by atoms with E-state index in [2.05, 4.69) is 26.8 Å². The molecule has 4 atom stereocenters. The van der Waals surface area contributed by atoms with Gasteiger partial charge >= 0.3 is 0 Å². The smallest absolute Gasteiger partial charge is 0.232 e. The number of amides is 1. The number of quaternary nitrogens is 1. The van der Waals surface area contributed by atoms with Crippen molar-refractivity contribution in [2.45, 2.75) is 70.4 Å². The standard InChI is InChI=1S/C31H40ClF2N3O3S/c1-19-13-26-23(15-27(19)32)20(2)37(41(6,39)40)18-31(26)9-11-35(12-10-31)29(38)25-17-36(30(3,4)5)16-24(25)22-8-7-21(33)14-28(22)34/h7-8,13-15,20,24-25H,9-12,16-18H2,1-6H3/p+1/t20-,24+,25?/m1/s1. The fourth-order valence-corrected chi connectivity index (χ4v) is 8.64. The molecule has 0 aromatic heterocycles. The summed E-state index contributed by atoms with van der Waals surface area (Å²) in [5.41, 5.74) is 2.82. The highest BCUT2D eigenvalue weighted by atomic mass is 35.5. The number of carbonyl (C=O) groups excluding carboxylic acids is 1. The van der Waals surface area contributed by atoms with Crippen molar-refractivity contribution in [3.8, 4) is 0 Å². The third-order valence-electron chi connectivity index (χ3n) is 9.86. The molecular weight excluding hydrogens is 568 g/mol. The average molecular weight is 609 g/mol. The molecule has 0 bridgehead atoms. The quantitative estimate of drug-likeness (QED) is 0.568. The number of halogens is 3. The highest BCUT2D eigenvalue weighted by molar-refractivity contribution is 7.88. The number of nitrogens with one attached hydrogen (secondary N) is 1. The molecule has 2 aromatic rings. The topological polar surface area (TPSA) is 62.1 Å². The van der Waals surface area contributed by atoms with E-state index in [4.69, 9.17) is 11.6 Å². The van der Waals surface area contributed by atoms with E-state index in [9.17, 15) is 22.0 Å². The van der Waals surface area contributed by atoms with E-state index in [0.29, 0.717) is 56.2 Å². The molecule has 5 rings (SSSR count). The maximum atomic E-state index is 15.0. The summed E-state index contributed by atoms with van der Waals surface area (Å²) in [6, 6.07) is 7.32. The fourth-order valence-electron chi connectivity index (χ4n) is 7.30. The van der Waals surface area contributed by atoms with Gasteiger partial charge in [0.25, 0.3) is 0 Å². The molecule has 2 aromatic carbocycles. The van der Waals surface area contributed by atoms with Crippen molar-refractivity contribution in [3.63, 3.8) is 0 Å². The zero-order chi connectivity index (χ0) is 30.1. The first-order chi connectivity index (χ1) is 19.0. The number of carbonyl (C=O) groups is 1. The Morgan fingerprint density at radius 2 is 1.73 bits per heavy atom. The molecule has 41 heavy (non-hydrogen) atoms. The van der Waals surface area contributed by atoms with Gasteiger partial charge in [0.2, 0.25) is 15.9 Å². The van der Waals surface area contributed by atoms with E-state index in [1.165, 1.54) is 23.3 Å². The molecule has 3 aliphatic heterocycles. The summed E-state index contributed by atoms with van der Waals surface area (Å²) in [6.45, 7) is 12.7. The molecule has 0 radical (unpaired) electrons. The third-order valence-corrected chi connectivity index (χ3v) is 11.6. The van der Waals surface area contributed by atoms with E-state index in [1.807, 2.05) is 24.8 Å². The number of piperidine rings is 1. The monoisotopic (exact) mass is 608 g/mol. The average Bonchev–Trinajstić information content (AvgIpc) is 3.33. The van der Waals surface area contributed by atoms with Crippen LogP contribution in [0.15, 0.2) is 30.3 Å². The zero-order valence-corrected chi connectivity index (χ0v) is 26.3. The van der Waals surface area contributed by atoms with Gasteiger partial charge < -0.3 is 9.80 Å². The number of likely N-dealkylation sites (tertiary alicyclic amines) is 2. The Hall–Kier alpha value is -2.07. The van der Waals surface area contributed by atoms with Gasteiger partial charge in [0, 0.05) is 42.2 Å². The molecule has 1 spiro atoms. The minimum Gasteiger partial charge on any atom is -0.342 e. The van der Waals surface area contributed by atoms with Crippen LogP contribution in [-0.2, 0) is 20.2 Å². The van der Waals surface area contributed by atoms with Gasteiger partial charge in [-0.25, -0.2) is 17.2 Å². The van der Waals surface area contributed by atoms with Crippen LogP contribution in [0.3, 0.4) is 0 Å². The van der Waals surface area contributed by atoms with Crippen LogP contribution in [-0.4, -0.2) is 68.0 Å². The summed E-state index contributed by atoms with van der Waals surface area (Å²) in [7, 11) is -3.48. The Morgan fingerprint density at radius 3 is 2.32 bits per heavy atom. The Balaban J connectivity index is 1.44. The van der Waals surface area contributed by atoms with Crippen molar-refractivity contribution in [3.05, 3.63) is 69.2 Å². The normalized spacial score (nSPS) is 26.8. The van der Waals surface area contributed by atoms with Crippen LogP contribution in [0.2, 0.25) is 5.02 Å². The van der Waals surface area contributed by atoms with Crippen molar-refractivity contribution in [2.75, 3.05) is 39.0 Å². The van der Waals surface area contributed by atoms with Gasteiger partial charge in [0.05, 0.1) is 36.7 Å². The Labute approximate surface area is 247 Å². The molecule has 224 valence electrons. The molecule has 2 fully saturated rings. The number of aryl methyl sites for hydroxylation is 1. The lowest BCUT2D eigenvalue weighted by Crippen LogP contribution is -3.17. The first kappa shape index (κ1) is 30.4. The van der Waals surface area contributed by atoms with Crippen LogP contribution >= 0.6 is 11.6 Å². The van der Waals surface area contributed by atoms with E-state index >= 15 is 0 Å². The van der Waals surface area contributed by atoms with Crippen LogP contribution in [0, 0.1) is 24.5 Å². The molecule has 0 aliphatic carbocycles. The van der Waals surface area contributed by atoms with Crippen molar-refractivity contribution >= 4 is 27.5 Å². The summed E-state index contributed by atoms with van der Waals surface area (Å²) >= 11 is 6.50. The molecule has 3 heterocycles. The second-order valence-electron chi connectivity index (χ2n) is 13.4. The number of nitrogens with zero attached hydrogens (tertiary/aromatic N) is 2. The van der Waals surface area contributed by atoms with Crippen molar-refractivity contribution in [1.29, 1.82) is 0 Å². The highest BCUT2D eigenvalue weighted by Crippen LogP contribution is 2.48. The van der Waals surface area contributed by atoms with Gasteiger partial charge in [-0.15, -0.1) is 0 Å². The molecule has 2 unspecified atom stereocenters. The van der Waals surface area contributed by atoms with Gasteiger partial charge in [-0.1, -0.05) is 23.7 Å². The lowest BCUT2D eigenvalue weighted by atomic mass is 9.67. The molecule has 2 saturated heterocycles. The minimum atomic E-state index is -3.48. The maximum absolute atomic E-state index is 15.0. The third kappa shape index (κ3) is 5.55. The summed E-state index contributed by atoms with van der Waals surface area (Å²) in [5, 5.41) is 0.611. The fraction of sp³-hybridized carbons (Fsp3) is 0.581. The highest BCUT2D eigenvalue weighted by Gasteiger charge is 2.51. The molecule has 0 saturated carbocycles. The predicted octanol–water partition coefficient (Wildman–Crippen LogP) is 4.22. The second kappa shape index (κ2) is 10.6. The van der Waals surface area contributed by atoms with Crippen LogP contribution in [0.25, 0.3) is 0 Å². The van der Waals surface area contributed by atoms with Crippen molar-refractivity contribution in [2.24, 2.45) is 5.92 Å². The van der Waals surface area contributed by atoms with E-state index in [-0.39, 0.29) is 23.4 Å². The molecule has 6 nitrogen and oxygen atoms in total. The summed E-state index contributed by atoms with van der Waals surface area (Å²) in [6.07, 6.45) is 2.47. The maximum Gasteiger partial charge on any atom is 0.232 e. The molecule has 1 N–H and O–H groups in total. The lowest BCUT2D eigenvalue weighted by Gasteiger charge is -2.50.